The van der Waals surface area contributed by atoms with E-state index in [1.165, 1.54) is 0 Å². The molecular weight excluding hydrogens is 336 g/mol. The Morgan fingerprint density at radius 3 is 2.56 bits per heavy atom. The number of rotatable bonds is 6. The van der Waals surface area contributed by atoms with Crippen molar-refractivity contribution in [2.24, 2.45) is 4.99 Å². The predicted molar refractivity (Wildman–Crippen MR) is 110 cm³/mol. The van der Waals surface area contributed by atoms with Gasteiger partial charge in [0.2, 0.25) is 5.95 Å². The molecule has 1 unspecified atom stereocenters. The summed E-state index contributed by atoms with van der Waals surface area (Å²) in [5.74, 6) is 0.529. The molecular formula is C21H26N6. The van der Waals surface area contributed by atoms with E-state index in [4.69, 9.17) is 10.2 Å². The maximum atomic E-state index is 8.78. The first-order chi connectivity index (χ1) is 12.8. The second-order valence-corrected chi connectivity index (χ2v) is 6.66. The maximum Gasteiger partial charge on any atom is 0.223 e. The van der Waals surface area contributed by atoms with Crippen molar-refractivity contribution >= 4 is 22.9 Å². The molecule has 6 heteroatoms. The van der Waals surface area contributed by atoms with Crippen LogP contribution in [0, 0.1) is 25.2 Å². The topological polar surface area (TPSA) is 86.9 Å². The highest BCUT2D eigenvalue weighted by Crippen LogP contribution is 2.27. The SMILES string of the molecule is C/C=C(/c1ccc(N=C(C)C)c(C)n1)c1cnc(NC(C)CC#N)nc1C. The highest BCUT2D eigenvalue weighted by atomic mass is 15.1. The number of aryl methyl sites for hydroxylation is 2. The number of nitrogens with one attached hydrogen (secondary N) is 1. The number of nitriles is 1. The molecule has 0 aliphatic heterocycles. The number of hydrogen-bond acceptors (Lipinski definition) is 6. The molecule has 0 saturated heterocycles. The van der Waals surface area contributed by atoms with Gasteiger partial charge in [-0.3, -0.25) is 9.98 Å². The van der Waals surface area contributed by atoms with Gasteiger partial charge in [-0.15, -0.1) is 0 Å². The lowest BCUT2D eigenvalue weighted by atomic mass is 10.0. The standard InChI is InChI=1S/C21H26N6/c1-7-17(20-9-8-19(16(6)26-20)24-13(2)3)18-12-23-21(27-15(18)5)25-14(4)10-11-22/h7-9,12,14H,10H2,1-6H3,(H,23,25,27)/b17-7+. The van der Waals surface area contributed by atoms with Crippen molar-refractivity contribution in [1.82, 2.24) is 15.0 Å². The molecule has 1 N–H and O–H groups in total. The molecule has 0 bridgehead atoms. The lowest BCUT2D eigenvalue weighted by Gasteiger charge is -2.14. The molecule has 0 spiro atoms. The number of aromatic nitrogens is 3. The minimum absolute atomic E-state index is 0.000810. The van der Waals surface area contributed by atoms with Crippen molar-refractivity contribution in [3.05, 3.63) is 47.1 Å². The van der Waals surface area contributed by atoms with Gasteiger partial charge < -0.3 is 5.32 Å². The Morgan fingerprint density at radius 1 is 1.26 bits per heavy atom. The summed E-state index contributed by atoms with van der Waals surface area (Å²) in [6.07, 6.45) is 4.23. The van der Waals surface area contributed by atoms with E-state index in [9.17, 15) is 0 Å². The van der Waals surface area contributed by atoms with E-state index in [0.29, 0.717) is 12.4 Å². The summed E-state index contributed by atoms with van der Waals surface area (Å²) in [6, 6.07) is 6.11. The first-order valence-electron chi connectivity index (χ1n) is 8.99. The minimum Gasteiger partial charge on any atom is -0.351 e. The van der Waals surface area contributed by atoms with Crippen molar-refractivity contribution in [1.29, 1.82) is 5.26 Å². The number of aliphatic imine (C=N–C) groups is 1. The van der Waals surface area contributed by atoms with E-state index in [0.717, 1.165) is 39.6 Å². The van der Waals surface area contributed by atoms with Gasteiger partial charge >= 0.3 is 0 Å². The number of allylic oxidation sites excluding steroid dienone is 1. The summed E-state index contributed by atoms with van der Waals surface area (Å²) in [6.45, 7) is 11.8. The molecule has 0 aliphatic rings. The van der Waals surface area contributed by atoms with Crippen molar-refractivity contribution in [2.45, 2.75) is 54.0 Å². The average molecular weight is 362 g/mol. The van der Waals surface area contributed by atoms with E-state index in [1.54, 1.807) is 6.20 Å². The van der Waals surface area contributed by atoms with Crippen molar-refractivity contribution < 1.29 is 0 Å². The molecule has 27 heavy (non-hydrogen) atoms. The molecule has 2 heterocycles. The Hall–Kier alpha value is -3.07. The van der Waals surface area contributed by atoms with Crippen LogP contribution in [0.3, 0.4) is 0 Å². The van der Waals surface area contributed by atoms with E-state index in [-0.39, 0.29) is 6.04 Å². The van der Waals surface area contributed by atoms with Gasteiger partial charge in [-0.05, 0) is 53.7 Å². The van der Waals surface area contributed by atoms with Gasteiger partial charge in [-0.1, -0.05) is 6.08 Å². The van der Waals surface area contributed by atoms with Gasteiger partial charge in [0.1, 0.15) is 0 Å². The highest BCUT2D eigenvalue weighted by molar-refractivity contribution is 5.83. The van der Waals surface area contributed by atoms with Gasteiger partial charge in [0.25, 0.3) is 0 Å². The summed E-state index contributed by atoms with van der Waals surface area (Å²) >= 11 is 0. The lowest BCUT2D eigenvalue weighted by Crippen LogP contribution is -2.16. The molecule has 0 amide bonds. The van der Waals surface area contributed by atoms with Crippen LogP contribution in [-0.4, -0.2) is 26.7 Å². The third-order valence-corrected chi connectivity index (χ3v) is 4.01. The van der Waals surface area contributed by atoms with Crippen LogP contribution in [-0.2, 0) is 0 Å². The molecule has 1 atom stereocenters. The second kappa shape index (κ2) is 9.04. The smallest absolute Gasteiger partial charge is 0.223 e. The van der Waals surface area contributed by atoms with Gasteiger partial charge in [0.05, 0.1) is 35.3 Å². The quantitative estimate of drug-likeness (QED) is 0.748. The zero-order valence-corrected chi connectivity index (χ0v) is 16.8. The fourth-order valence-electron chi connectivity index (χ4n) is 2.71. The van der Waals surface area contributed by atoms with Gasteiger partial charge in [-0.2, -0.15) is 5.26 Å². The van der Waals surface area contributed by atoms with Gasteiger partial charge in [0, 0.05) is 29.1 Å². The summed E-state index contributed by atoms with van der Waals surface area (Å²) in [4.78, 5) is 18.2. The third-order valence-electron chi connectivity index (χ3n) is 4.01. The fraction of sp³-hybridized carbons (Fsp3) is 0.381. The second-order valence-electron chi connectivity index (χ2n) is 6.66. The van der Waals surface area contributed by atoms with Crippen molar-refractivity contribution in [3.63, 3.8) is 0 Å². The Labute approximate surface area is 161 Å². The van der Waals surface area contributed by atoms with E-state index in [2.05, 4.69) is 26.3 Å². The molecule has 140 valence electrons. The fourth-order valence-corrected chi connectivity index (χ4v) is 2.71. The average Bonchev–Trinajstić information content (AvgIpc) is 2.59. The largest absolute Gasteiger partial charge is 0.351 e. The summed E-state index contributed by atoms with van der Waals surface area (Å²) in [5, 5.41) is 11.9. The maximum absolute atomic E-state index is 8.78. The number of pyridine rings is 1. The monoisotopic (exact) mass is 362 g/mol. The zero-order chi connectivity index (χ0) is 20.0. The number of anilines is 1. The summed E-state index contributed by atoms with van der Waals surface area (Å²) in [7, 11) is 0. The molecule has 0 saturated carbocycles. The van der Waals surface area contributed by atoms with Crippen LogP contribution in [0.2, 0.25) is 0 Å². The van der Waals surface area contributed by atoms with Crippen LogP contribution >= 0.6 is 0 Å². The number of nitrogens with zero attached hydrogens (tertiary/aromatic N) is 5. The Morgan fingerprint density at radius 2 is 2.00 bits per heavy atom. The first-order valence-corrected chi connectivity index (χ1v) is 8.99. The van der Waals surface area contributed by atoms with E-state index < -0.39 is 0 Å². The van der Waals surface area contributed by atoms with Gasteiger partial charge in [-0.25, -0.2) is 9.97 Å². The Balaban J connectivity index is 2.34. The Kier molecular flexibility index (Phi) is 6.78. The molecule has 2 rings (SSSR count). The third kappa shape index (κ3) is 5.20. The van der Waals surface area contributed by atoms with Crippen LogP contribution in [0.5, 0.6) is 0 Å². The van der Waals surface area contributed by atoms with Crippen LogP contribution in [0.15, 0.2) is 29.4 Å². The van der Waals surface area contributed by atoms with Gasteiger partial charge in [0.15, 0.2) is 0 Å². The molecule has 6 nitrogen and oxygen atoms in total. The summed E-state index contributed by atoms with van der Waals surface area (Å²) in [5.41, 5.74) is 6.41. The highest BCUT2D eigenvalue weighted by Gasteiger charge is 2.13. The molecule has 0 radical (unpaired) electrons. The molecule has 0 aromatic carbocycles. The molecule has 0 fully saturated rings. The normalized spacial score (nSPS) is 12.3. The molecule has 2 aromatic heterocycles. The molecule has 0 aliphatic carbocycles. The van der Waals surface area contributed by atoms with E-state index in [1.807, 2.05) is 59.8 Å². The summed E-state index contributed by atoms with van der Waals surface area (Å²) < 4.78 is 0. The first kappa shape index (κ1) is 20.2. The lowest BCUT2D eigenvalue weighted by molar-refractivity contribution is 0.803. The minimum atomic E-state index is 0.000810. The van der Waals surface area contributed by atoms with Crippen LogP contribution in [0.4, 0.5) is 11.6 Å². The van der Waals surface area contributed by atoms with E-state index >= 15 is 0 Å². The van der Waals surface area contributed by atoms with Crippen LogP contribution in [0.1, 0.15) is 56.8 Å². The van der Waals surface area contributed by atoms with Crippen molar-refractivity contribution in [3.8, 4) is 6.07 Å². The van der Waals surface area contributed by atoms with Crippen LogP contribution in [0.25, 0.3) is 5.57 Å². The predicted octanol–water partition coefficient (Wildman–Crippen LogP) is 4.77. The van der Waals surface area contributed by atoms with Crippen molar-refractivity contribution in [2.75, 3.05) is 5.32 Å². The number of hydrogen-bond donors (Lipinski definition) is 1. The van der Waals surface area contributed by atoms with Crippen LogP contribution < -0.4 is 5.32 Å². The molecule has 2 aromatic rings. The Bertz CT molecular complexity index is 917. The zero-order valence-electron chi connectivity index (χ0n) is 16.8.